The van der Waals surface area contributed by atoms with Crippen LogP contribution >= 0.6 is 0 Å². The molecule has 7 nitrogen and oxygen atoms in total. The molecule has 1 atom stereocenters. The Bertz CT molecular complexity index is 962. The molecule has 156 valence electrons. The number of hydrogen-bond donors (Lipinski definition) is 1. The summed E-state index contributed by atoms with van der Waals surface area (Å²) in [6, 6.07) is 5.88. The van der Waals surface area contributed by atoms with Crippen molar-refractivity contribution >= 4 is 17.6 Å². The van der Waals surface area contributed by atoms with Gasteiger partial charge in [0.05, 0.1) is 17.2 Å². The van der Waals surface area contributed by atoms with Gasteiger partial charge in [-0.05, 0) is 55.4 Å². The number of piperazine rings is 1. The molecule has 1 N–H and O–H groups in total. The maximum Gasteiger partial charge on any atom is 0.255 e. The van der Waals surface area contributed by atoms with Crippen LogP contribution in [0.4, 0.5) is 5.82 Å². The van der Waals surface area contributed by atoms with Gasteiger partial charge < -0.3 is 15.1 Å². The number of pyridine rings is 2. The quantitative estimate of drug-likeness (QED) is 0.844. The monoisotopic (exact) mass is 405 g/mol. The van der Waals surface area contributed by atoms with Gasteiger partial charge in [-0.1, -0.05) is 6.07 Å². The van der Waals surface area contributed by atoms with E-state index in [0.717, 1.165) is 31.0 Å². The highest BCUT2D eigenvalue weighted by atomic mass is 16.2. The fraction of sp³-hybridized carbons (Fsp3) is 0.478. The Morgan fingerprint density at radius 1 is 1.07 bits per heavy atom. The van der Waals surface area contributed by atoms with Crippen LogP contribution in [0.15, 0.2) is 30.6 Å². The molecule has 0 radical (unpaired) electrons. The van der Waals surface area contributed by atoms with E-state index in [4.69, 9.17) is 4.98 Å². The van der Waals surface area contributed by atoms with Crippen LogP contribution in [-0.2, 0) is 4.79 Å². The molecule has 5 rings (SSSR count). The Labute approximate surface area is 176 Å². The molecule has 2 amide bonds. The number of aryl methyl sites for hydroxylation is 1. The average Bonchev–Trinajstić information content (AvgIpc) is 3.54. The summed E-state index contributed by atoms with van der Waals surface area (Å²) in [5, 5.41) is 2.83. The molecule has 1 aliphatic carbocycles. The fourth-order valence-electron chi connectivity index (χ4n) is 4.48. The highest BCUT2D eigenvalue weighted by molar-refractivity contribution is 5.94. The van der Waals surface area contributed by atoms with Crippen LogP contribution in [0.5, 0.6) is 0 Å². The Hall–Kier alpha value is -2.96. The van der Waals surface area contributed by atoms with E-state index in [9.17, 15) is 9.59 Å². The maximum absolute atomic E-state index is 12.9. The average molecular weight is 406 g/mol. The minimum absolute atomic E-state index is 0.00154. The Kier molecular flexibility index (Phi) is 4.89. The summed E-state index contributed by atoms with van der Waals surface area (Å²) in [6.07, 6.45) is 6.96. The van der Waals surface area contributed by atoms with E-state index in [1.165, 1.54) is 24.0 Å². The number of rotatable bonds is 4. The molecule has 2 aromatic heterocycles. The summed E-state index contributed by atoms with van der Waals surface area (Å²) < 4.78 is 0. The van der Waals surface area contributed by atoms with E-state index < -0.39 is 0 Å². The van der Waals surface area contributed by atoms with Gasteiger partial charge in [0.1, 0.15) is 5.82 Å². The number of nitrogens with zero attached hydrogens (tertiary/aromatic N) is 4. The van der Waals surface area contributed by atoms with Gasteiger partial charge >= 0.3 is 0 Å². The van der Waals surface area contributed by atoms with Crippen molar-refractivity contribution in [2.75, 3.05) is 37.6 Å². The van der Waals surface area contributed by atoms with Crippen molar-refractivity contribution in [1.82, 2.24) is 20.2 Å². The van der Waals surface area contributed by atoms with Crippen LogP contribution < -0.4 is 10.2 Å². The molecule has 1 saturated carbocycles. The van der Waals surface area contributed by atoms with Crippen LogP contribution in [0.1, 0.15) is 58.3 Å². The van der Waals surface area contributed by atoms with E-state index in [0.29, 0.717) is 31.1 Å². The lowest BCUT2D eigenvalue weighted by molar-refractivity contribution is -0.120. The molecular formula is C23H27N5O2. The Morgan fingerprint density at radius 3 is 2.47 bits per heavy atom. The van der Waals surface area contributed by atoms with Crippen LogP contribution in [0, 0.1) is 6.92 Å². The van der Waals surface area contributed by atoms with E-state index in [1.54, 1.807) is 12.3 Å². The molecule has 0 spiro atoms. The third-order valence-electron chi connectivity index (χ3n) is 6.43. The number of aromatic nitrogens is 2. The number of nitrogens with one attached hydrogen (secondary N) is 1. The highest BCUT2D eigenvalue weighted by Gasteiger charge is 2.29. The smallest absolute Gasteiger partial charge is 0.255 e. The lowest BCUT2D eigenvalue weighted by Gasteiger charge is -2.36. The normalized spacial score (nSPS) is 21.6. The van der Waals surface area contributed by atoms with Crippen LogP contribution in [0.3, 0.4) is 0 Å². The fourth-order valence-corrected chi connectivity index (χ4v) is 4.48. The Balaban J connectivity index is 1.21. The molecule has 0 bridgehead atoms. The first-order valence-electron chi connectivity index (χ1n) is 10.8. The maximum atomic E-state index is 12.9. The van der Waals surface area contributed by atoms with Crippen LogP contribution in [0.25, 0.3) is 0 Å². The van der Waals surface area contributed by atoms with Crippen molar-refractivity contribution in [3.63, 3.8) is 0 Å². The minimum atomic E-state index is -0.195. The van der Waals surface area contributed by atoms with Crippen LogP contribution in [-0.4, -0.2) is 59.4 Å². The second kappa shape index (κ2) is 7.70. The first-order valence-corrected chi connectivity index (χ1v) is 10.8. The first-order chi connectivity index (χ1) is 14.6. The lowest BCUT2D eigenvalue weighted by Crippen LogP contribution is -2.49. The van der Waals surface area contributed by atoms with E-state index in [-0.39, 0.29) is 17.7 Å². The van der Waals surface area contributed by atoms with Gasteiger partial charge in [-0.25, -0.2) is 4.98 Å². The van der Waals surface area contributed by atoms with Crippen molar-refractivity contribution < 1.29 is 9.59 Å². The van der Waals surface area contributed by atoms with Gasteiger partial charge in [0.2, 0.25) is 5.91 Å². The van der Waals surface area contributed by atoms with Crippen molar-refractivity contribution in [1.29, 1.82) is 0 Å². The van der Waals surface area contributed by atoms with Crippen molar-refractivity contribution in [3.05, 3.63) is 53.0 Å². The molecule has 30 heavy (non-hydrogen) atoms. The number of carbonyl (C=O) groups is 2. The minimum Gasteiger partial charge on any atom is -0.355 e. The van der Waals surface area contributed by atoms with Gasteiger partial charge in [0, 0.05) is 45.1 Å². The van der Waals surface area contributed by atoms with Gasteiger partial charge in [-0.2, -0.15) is 0 Å². The first kappa shape index (κ1) is 19.0. The molecule has 3 fully saturated rings. The number of amides is 2. The topological polar surface area (TPSA) is 78.4 Å². The van der Waals surface area contributed by atoms with E-state index in [1.807, 2.05) is 17.2 Å². The van der Waals surface area contributed by atoms with E-state index in [2.05, 4.69) is 28.2 Å². The zero-order chi connectivity index (χ0) is 20.7. The zero-order valence-electron chi connectivity index (χ0n) is 17.3. The molecule has 4 heterocycles. The number of carbonyl (C=O) groups excluding carboxylic acids is 2. The number of hydrogen-bond acceptors (Lipinski definition) is 5. The summed E-state index contributed by atoms with van der Waals surface area (Å²) in [5.41, 5.74) is 3.89. The molecule has 3 aliphatic rings. The standard InChI is InChI=1S/C23H27N5O2/c1-15-12-18(16-2-3-16)14-26-21(15)27-8-10-28(11-9-27)23(30)17-4-5-20(25-13-17)19-6-7-24-22(19)29/h4-5,12-14,16,19H,2-3,6-11H2,1H3,(H,24,29). The molecule has 2 saturated heterocycles. The van der Waals surface area contributed by atoms with E-state index >= 15 is 0 Å². The van der Waals surface area contributed by atoms with Crippen molar-refractivity contribution in [3.8, 4) is 0 Å². The molecule has 2 aromatic rings. The largest absolute Gasteiger partial charge is 0.355 e. The van der Waals surface area contributed by atoms with Gasteiger partial charge in [0.15, 0.2) is 0 Å². The van der Waals surface area contributed by atoms with Gasteiger partial charge in [-0.3, -0.25) is 14.6 Å². The second-order valence-electron chi connectivity index (χ2n) is 8.57. The van der Waals surface area contributed by atoms with Crippen molar-refractivity contribution in [2.24, 2.45) is 0 Å². The lowest BCUT2D eigenvalue weighted by atomic mass is 10.0. The summed E-state index contributed by atoms with van der Waals surface area (Å²) in [7, 11) is 0. The van der Waals surface area contributed by atoms with Crippen molar-refractivity contribution in [2.45, 2.75) is 38.0 Å². The molecule has 7 heteroatoms. The third-order valence-corrected chi connectivity index (χ3v) is 6.43. The SMILES string of the molecule is Cc1cc(C2CC2)cnc1N1CCN(C(=O)c2ccc(C3CCNC3=O)nc2)CC1. The van der Waals surface area contributed by atoms with Gasteiger partial charge in [0.25, 0.3) is 5.91 Å². The number of anilines is 1. The molecular weight excluding hydrogens is 378 g/mol. The molecule has 0 aromatic carbocycles. The summed E-state index contributed by atoms with van der Waals surface area (Å²) in [5.74, 6) is 1.57. The summed E-state index contributed by atoms with van der Waals surface area (Å²) >= 11 is 0. The third kappa shape index (κ3) is 3.64. The predicted octanol–water partition coefficient (Wildman–Crippen LogP) is 2.23. The second-order valence-corrected chi connectivity index (χ2v) is 8.57. The Morgan fingerprint density at radius 2 is 1.87 bits per heavy atom. The van der Waals surface area contributed by atoms with Crippen LogP contribution in [0.2, 0.25) is 0 Å². The zero-order valence-corrected chi connectivity index (χ0v) is 17.3. The highest BCUT2D eigenvalue weighted by Crippen LogP contribution is 2.40. The molecule has 2 aliphatic heterocycles. The summed E-state index contributed by atoms with van der Waals surface area (Å²) in [4.78, 5) is 38.0. The summed E-state index contributed by atoms with van der Waals surface area (Å²) in [6.45, 7) is 5.69. The van der Waals surface area contributed by atoms with Gasteiger partial charge in [-0.15, -0.1) is 0 Å². The predicted molar refractivity (Wildman–Crippen MR) is 114 cm³/mol. The molecule has 1 unspecified atom stereocenters.